The monoisotopic (exact) mass is 198 g/mol. The Hall–Kier alpha value is 0.0400. The second-order valence-electron chi connectivity index (χ2n) is 1.92. The predicted molar refractivity (Wildman–Crippen MR) is 54.8 cm³/mol. The molecule has 0 saturated carbocycles. The molecular formula is C7H15ClO2S. The van der Waals surface area contributed by atoms with Gasteiger partial charge in [0.05, 0.1) is 0 Å². The van der Waals surface area contributed by atoms with E-state index in [1.165, 1.54) is 18.4 Å². The third kappa shape index (κ3) is 6.44. The zero-order valence-corrected chi connectivity index (χ0v) is 7.92. The summed E-state index contributed by atoms with van der Waals surface area (Å²) in [4.78, 5) is 0. The number of allylic oxidation sites excluding steroid dienone is 3. The lowest BCUT2D eigenvalue weighted by Gasteiger charge is -2.00. The SMILES string of the molecule is Cl.O.O.SCC1=CCCC=C1. The molecule has 2 nitrogen and oxygen atoms in total. The molecule has 1 aliphatic rings. The van der Waals surface area contributed by atoms with Gasteiger partial charge in [-0.2, -0.15) is 12.6 Å². The summed E-state index contributed by atoms with van der Waals surface area (Å²) >= 11 is 4.14. The zero-order chi connectivity index (χ0) is 5.82. The summed E-state index contributed by atoms with van der Waals surface area (Å²) in [5.74, 6) is 0.885. The fourth-order valence-corrected chi connectivity index (χ4v) is 1.02. The van der Waals surface area contributed by atoms with Gasteiger partial charge in [-0.1, -0.05) is 18.2 Å². The van der Waals surface area contributed by atoms with E-state index in [-0.39, 0.29) is 23.4 Å². The van der Waals surface area contributed by atoms with E-state index in [0.717, 1.165) is 5.75 Å². The maximum Gasteiger partial charge on any atom is 0.0150 e. The number of rotatable bonds is 1. The lowest BCUT2D eigenvalue weighted by Crippen LogP contribution is -1.84. The van der Waals surface area contributed by atoms with Crippen molar-refractivity contribution >= 4 is 25.0 Å². The van der Waals surface area contributed by atoms with Crippen LogP contribution >= 0.6 is 25.0 Å². The van der Waals surface area contributed by atoms with Gasteiger partial charge >= 0.3 is 0 Å². The van der Waals surface area contributed by atoms with Crippen LogP contribution in [0.15, 0.2) is 23.8 Å². The van der Waals surface area contributed by atoms with E-state index in [9.17, 15) is 0 Å². The van der Waals surface area contributed by atoms with Crippen LogP contribution in [0.2, 0.25) is 0 Å². The van der Waals surface area contributed by atoms with Gasteiger partial charge in [0.2, 0.25) is 0 Å². The molecule has 0 aromatic rings. The van der Waals surface area contributed by atoms with Gasteiger partial charge < -0.3 is 11.0 Å². The van der Waals surface area contributed by atoms with Crippen LogP contribution < -0.4 is 0 Å². The van der Waals surface area contributed by atoms with Crippen molar-refractivity contribution in [3.8, 4) is 0 Å². The summed E-state index contributed by atoms with van der Waals surface area (Å²) in [6, 6.07) is 0. The molecule has 0 aliphatic heterocycles. The Morgan fingerprint density at radius 3 is 2.18 bits per heavy atom. The molecule has 1 rings (SSSR count). The number of hydrogen-bond donors (Lipinski definition) is 1. The molecule has 11 heavy (non-hydrogen) atoms. The maximum absolute atomic E-state index is 4.14. The van der Waals surface area contributed by atoms with E-state index in [1.807, 2.05) is 0 Å². The first-order valence-electron chi connectivity index (χ1n) is 2.90. The van der Waals surface area contributed by atoms with Crippen molar-refractivity contribution in [2.45, 2.75) is 12.8 Å². The molecule has 4 N–H and O–H groups in total. The summed E-state index contributed by atoms with van der Waals surface area (Å²) in [5.41, 5.74) is 1.36. The van der Waals surface area contributed by atoms with E-state index in [0.29, 0.717) is 0 Å². The molecule has 1 aliphatic carbocycles. The fraction of sp³-hybridized carbons (Fsp3) is 0.429. The number of halogens is 1. The Morgan fingerprint density at radius 2 is 1.91 bits per heavy atom. The van der Waals surface area contributed by atoms with E-state index >= 15 is 0 Å². The molecule has 0 fully saturated rings. The third-order valence-electron chi connectivity index (χ3n) is 1.25. The first-order chi connectivity index (χ1) is 3.93. The van der Waals surface area contributed by atoms with Gasteiger partial charge in [-0.05, 0) is 18.4 Å². The molecule has 0 aromatic heterocycles. The fourth-order valence-electron chi connectivity index (χ4n) is 0.785. The Kier molecular flexibility index (Phi) is 15.7. The van der Waals surface area contributed by atoms with Crippen LogP contribution in [0.4, 0.5) is 0 Å². The Morgan fingerprint density at radius 1 is 1.27 bits per heavy atom. The van der Waals surface area contributed by atoms with Crippen molar-refractivity contribution in [1.82, 2.24) is 0 Å². The average molecular weight is 199 g/mol. The summed E-state index contributed by atoms with van der Waals surface area (Å²) in [5, 5.41) is 0. The molecule has 0 amide bonds. The third-order valence-corrected chi connectivity index (χ3v) is 1.62. The topological polar surface area (TPSA) is 63.0 Å². The molecule has 0 atom stereocenters. The van der Waals surface area contributed by atoms with Crippen LogP contribution in [0, 0.1) is 0 Å². The molecule has 0 radical (unpaired) electrons. The van der Waals surface area contributed by atoms with Crippen molar-refractivity contribution in [3.63, 3.8) is 0 Å². The zero-order valence-electron chi connectivity index (χ0n) is 6.21. The van der Waals surface area contributed by atoms with E-state index in [1.54, 1.807) is 0 Å². The molecule has 68 valence electrons. The smallest absolute Gasteiger partial charge is 0.0150 e. The molecule has 0 unspecified atom stereocenters. The van der Waals surface area contributed by atoms with E-state index < -0.39 is 0 Å². The van der Waals surface area contributed by atoms with Crippen molar-refractivity contribution in [3.05, 3.63) is 23.8 Å². The molecule has 0 saturated heterocycles. The summed E-state index contributed by atoms with van der Waals surface area (Å²) in [7, 11) is 0. The van der Waals surface area contributed by atoms with Gasteiger partial charge in [0.1, 0.15) is 0 Å². The highest BCUT2D eigenvalue weighted by atomic mass is 35.5. The highest BCUT2D eigenvalue weighted by molar-refractivity contribution is 7.80. The van der Waals surface area contributed by atoms with Gasteiger partial charge in [0.15, 0.2) is 0 Å². The van der Waals surface area contributed by atoms with Crippen LogP contribution in [0.5, 0.6) is 0 Å². The van der Waals surface area contributed by atoms with Gasteiger partial charge in [-0.25, -0.2) is 0 Å². The van der Waals surface area contributed by atoms with Crippen LogP contribution in [-0.2, 0) is 0 Å². The second kappa shape index (κ2) is 10.0. The van der Waals surface area contributed by atoms with Crippen LogP contribution in [0.1, 0.15) is 12.8 Å². The van der Waals surface area contributed by atoms with Gasteiger partial charge in [0.25, 0.3) is 0 Å². The minimum atomic E-state index is 0. The minimum Gasteiger partial charge on any atom is -0.412 e. The molecular weight excluding hydrogens is 184 g/mol. The standard InChI is InChI=1S/C7H10S.ClH.2H2O/c8-6-7-4-2-1-3-5-7;;;/h2,4-5,8H,1,3,6H2;1H;2*1H2. The van der Waals surface area contributed by atoms with Crippen LogP contribution in [0.3, 0.4) is 0 Å². The largest absolute Gasteiger partial charge is 0.412 e. The molecule has 0 heterocycles. The van der Waals surface area contributed by atoms with Crippen molar-refractivity contribution < 1.29 is 11.0 Å². The summed E-state index contributed by atoms with van der Waals surface area (Å²) in [6.07, 6.45) is 9.00. The van der Waals surface area contributed by atoms with Gasteiger partial charge in [0, 0.05) is 5.75 Å². The lowest BCUT2D eigenvalue weighted by atomic mass is 10.1. The molecule has 0 spiro atoms. The van der Waals surface area contributed by atoms with E-state index in [4.69, 9.17) is 0 Å². The second-order valence-corrected chi connectivity index (χ2v) is 2.23. The Balaban J connectivity index is -0.000000213. The summed E-state index contributed by atoms with van der Waals surface area (Å²) < 4.78 is 0. The lowest BCUT2D eigenvalue weighted by molar-refractivity contribution is 0.823. The van der Waals surface area contributed by atoms with Crippen LogP contribution in [0.25, 0.3) is 0 Å². The molecule has 0 aromatic carbocycles. The van der Waals surface area contributed by atoms with Crippen LogP contribution in [-0.4, -0.2) is 16.7 Å². The first-order valence-corrected chi connectivity index (χ1v) is 3.53. The molecule has 4 heteroatoms. The van der Waals surface area contributed by atoms with Gasteiger partial charge in [-0.3, -0.25) is 0 Å². The van der Waals surface area contributed by atoms with Gasteiger partial charge in [-0.15, -0.1) is 12.4 Å². The highest BCUT2D eigenvalue weighted by Crippen LogP contribution is 2.09. The number of thiol groups is 1. The minimum absolute atomic E-state index is 0. The number of hydrogen-bond acceptors (Lipinski definition) is 1. The van der Waals surface area contributed by atoms with E-state index in [2.05, 4.69) is 30.9 Å². The maximum atomic E-state index is 4.14. The Bertz CT molecular complexity index is 134. The average Bonchev–Trinajstić information content (AvgIpc) is 1.90. The Labute approximate surface area is 78.8 Å². The van der Waals surface area contributed by atoms with Crippen molar-refractivity contribution in [2.24, 2.45) is 0 Å². The van der Waals surface area contributed by atoms with Crippen molar-refractivity contribution in [1.29, 1.82) is 0 Å². The van der Waals surface area contributed by atoms with Crippen molar-refractivity contribution in [2.75, 3.05) is 5.75 Å². The highest BCUT2D eigenvalue weighted by Gasteiger charge is 1.91. The normalized spacial score (nSPS) is 13.4. The first kappa shape index (κ1) is 17.2. The quantitative estimate of drug-likeness (QED) is 0.611. The predicted octanol–water partition coefficient (Wildman–Crippen LogP) is 0.965. The summed E-state index contributed by atoms with van der Waals surface area (Å²) in [6.45, 7) is 0. The molecule has 0 bridgehead atoms.